The third-order valence-electron chi connectivity index (χ3n) is 2.18. The zero-order chi connectivity index (χ0) is 14.6. The molecule has 8 heteroatoms. The molecule has 0 aliphatic heterocycles. The molecular formula is C11H13N3O5. The van der Waals surface area contributed by atoms with E-state index in [1.54, 1.807) is 19.0 Å². The minimum absolute atomic E-state index is 0.0434. The van der Waals surface area contributed by atoms with Crippen molar-refractivity contribution in [1.29, 1.82) is 0 Å². The van der Waals surface area contributed by atoms with Gasteiger partial charge in [-0.2, -0.15) is 0 Å². The van der Waals surface area contributed by atoms with Crippen molar-refractivity contribution in [2.45, 2.75) is 0 Å². The van der Waals surface area contributed by atoms with E-state index < -0.39 is 16.8 Å². The first-order valence-electron chi connectivity index (χ1n) is 5.27. The first-order valence-corrected chi connectivity index (χ1v) is 5.27. The van der Waals surface area contributed by atoms with Crippen LogP contribution in [0.25, 0.3) is 0 Å². The summed E-state index contributed by atoms with van der Waals surface area (Å²) in [6.45, 7) is 0.0434. The summed E-state index contributed by atoms with van der Waals surface area (Å²) in [5.74, 6) is -1.72. The Morgan fingerprint density at radius 1 is 1.42 bits per heavy atom. The largest absolute Gasteiger partial charge is 0.478 e. The van der Waals surface area contributed by atoms with E-state index in [-0.39, 0.29) is 23.5 Å². The summed E-state index contributed by atoms with van der Waals surface area (Å²) in [4.78, 5) is 34.1. The number of aromatic carboxylic acids is 1. The number of nitrogens with one attached hydrogen (secondary N) is 1. The van der Waals surface area contributed by atoms with E-state index in [9.17, 15) is 19.7 Å². The Balaban J connectivity index is 3.07. The fraction of sp³-hybridized carbons (Fsp3) is 0.273. The summed E-state index contributed by atoms with van der Waals surface area (Å²) >= 11 is 0. The molecule has 0 aliphatic carbocycles. The zero-order valence-electron chi connectivity index (χ0n) is 10.4. The van der Waals surface area contributed by atoms with Gasteiger partial charge in [0.25, 0.3) is 5.69 Å². The molecule has 0 fully saturated rings. The topological polar surface area (TPSA) is 113 Å². The van der Waals surface area contributed by atoms with Crippen molar-refractivity contribution in [2.75, 3.05) is 26.0 Å². The second-order valence-corrected chi connectivity index (χ2v) is 4.08. The summed E-state index contributed by atoms with van der Waals surface area (Å²) in [7, 11) is 3.34. The summed E-state index contributed by atoms with van der Waals surface area (Å²) < 4.78 is 0. The average molecular weight is 267 g/mol. The highest BCUT2D eigenvalue weighted by Gasteiger charge is 2.17. The maximum atomic E-state index is 11.6. The predicted molar refractivity (Wildman–Crippen MR) is 67.2 cm³/mol. The molecule has 0 aromatic heterocycles. The lowest BCUT2D eigenvalue weighted by atomic mass is 10.1. The van der Waals surface area contributed by atoms with Crippen LogP contribution in [-0.4, -0.2) is 47.4 Å². The number of hydrogen-bond acceptors (Lipinski definition) is 5. The first-order chi connectivity index (χ1) is 8.81. The third kappa shape index (κ3) is 4.03. The minimum Gasteiger partial charge on any atom is -0.478 e. The second kappa shape index (κ2) is 5.91. The van der Waals surface area contributed by atoms with Crippen molar-refractivity contribution in [3.8, 4) is 0 Å². The minimum atomic E-state index is -1.27. The van der Waals surface area contributed by atoms with Gasteiger partial charge < -0.3 is 15.3 Å². The fourth-order valence-corrected chi connectivity index (χ4v) is 1.41. The lowest BCUT2D eigenvalue weighted by Gasteiger charge is -2.11. The number of nitro groups is 1. The van der Waals surface area contributed by atoms with E-state index in [0.717, 1.165) is 18.2 Å². The number of carboxylic acid groups (broad SMARTS) is 1. The number of hydrogen-bond donors (Lipinski definition) is 2. The first kappa shape index (κ1) is 14.6. The van der Waals surface area contributed by atoms with E-state index in [1.807, 2.05) is 0 Å². The Labute approximate surface area is 108 Å². The highest BCUT2D eigenvalue weighted by Crippen LogP contribution is 2.22. The van der Waals surface area contributed by atoms with E-state index in [1.165, 1.54) is 0 Å². The third-order valence-corrected chi connectivity index (χ3v) is 2.18. The highest BCUT2D eigenvalue weighted by molar-refractivity contribution is 6.01. The average Bonchev–Trinajstić information content (AvgIpc) is 2.26. The van der Waals surface area contributed by atoms with Crippen LogP contribution in [-0.2, 0) is 4.79 Å². The van der Waals surface area contributed by atoms with Crippen molar-refractivity contribution in [3.05, 3.63) is 33.9 Å². The number of nitrogens with zero attached hydrogens (tertiary/aromatic N) is 2. The van der Waals surface area contributed by atoms with Crippen LogP contribution >= 0.6 is 0 Å². The van der Waals surface area contributed by atoms with Crippen LogP contribution in [0.5, 0.6) is 0 Å². The molecule has 8 nitrogen and oxygen atoms in total. The molecule has 0 saturated heterocycles. The molecule has 0 atom stereocenters. The number of carbonyl (C=O) groups excluding carboxylic acids is 1. The van der Waals surface area contributed by atoms with E-state index in [2.05, 4.69) is 5.32 Å². The van der Waals surface area contributed by atoms with Crippen LogP contribution < -0.4 is 5.32 Å². The normalized spacial score (nSPS) is 10.3. The Morgan fingerprint density at radius 2 is 2.05 bits per heavy atom. The van der Waals surface area contributed by atoms with Crippen LogP contribution in [0.3, 0.4) is 0 Å². The molecule has 19 heavy (non-hydrogen) atoms. The van der Waals surface area contributed by atoms with Crippen molar-refractivity contribution in [3.63, 3.8) is 0 Å². The van der Waals surface area contributed by atoms with Gasteiger partial charge in [-0.1, -0.05) is 0 Å². The molecule has 1 aromatic carbocycles. The molecule has 1 amide bonds. The van der Waals surface area contributed by atoms with Crippen LogP contribution in [0.2, 0.25) is 0 Å². The molecule has 0 bridgehead atoms. The lowest BCUT2D eigenvalue weighted by molar-refractivity contribution is -0.384. The van der Waals surface area contributed by atoms with Crippen molar-refractivity contribution >= 4 is 23.3 Å². The molecule has 1 rings (SSSR count). The number of carbonyl (C=O) groups is 2. The van der Waals surface area contributed by atoms with Gasteiger partial charge in [0.1, 0.15) is 0 Å². The van der Waals surface area contributed by atoms with Crippen molar-refractivity contribution < 1.29 is 19.6 Å². The number of rotatable bonds is 5. The van der Waals surface area contributed by atoms with E-state index in [0.29, 0.717) is 0 Å². The smallest absolute Gasteiger partial charge is 0.337 e. The maximum Gasteiger partial charge on any atom is 0.337 e. The summed E-state index contributed by atoms with van der Waals surface area (Å²) in [5.41, 5.74) is -0.573. The maximum absolute atomic E-state index is 11.6. The molecule has 0 heterocycles. The number of non-ortho nitro benzene ring substituents is 1. The highest BCUT2D eigenvalue weighted by atomic mass is 16.6. The number of nitro benzene ring substituents is 1. The van der Waals surface area contributed by atoms with Crippen LogP contribution in [0, 0.1) is 10.1 Å². The molecule has 0 unspecified atom stereocenters. The van der Waals surface area contributed by atoms with Gasteiger partial charge in [0.2, 0.25) is 5.91 Å². The second-order valence-electron chi connectivity index (χ2n) is 4.08. The van der Waals surface area contributed by atoms with Crippen LogP contribution in [0.4, 0.5) is 11.4 Å². The van der Waals surface area contributed by atoms with Crippen molar-refractivity contribution in [1.82, 2.24) is 4.90 Å². The van der Waals surface area contributed by atoms with E-state index >= 15 is 0 Å². The van der Waals surface area contributed by atoms with Crippen LogP contribution in [0.1, 0.15) is 10.4 Å². The molecule has 0 aliphatic rings. The fourth-order valence-electron chi connectivity index (χ4n) is 1.41. The van der Waals surface area contributed by atoms with Gasteiger partial charge >= 0.3 is 5.97 Å². The molecule has 0 saturated carbocycles. The van der Waals surface area contributed by atoms with Gasteiger partial charge in [0.05, 0.1) is 22.7 Å². The molecule has 1 aromatic rings. The van der Waals surface area contributed by atoms with Gasteiger partial charge in [0, 0.05) is 12.1 Å². The van der Waals surface area contributed by atoms with Gasteiger partial charge in [0.15, 0.2) is 0 Å². The van der Waals surface area contributed by atoms with Gasteiger partial charge in [-0.25, -0.2) is 4.79 Å². The Morgan fingerprint density at radius 3 is 2.53 bits per heavy atom. The summed E-state index contributed by atoms with van der Waals surface area (Å²) in [6, 6.07) is 3.19. The predicted octanol–water partition coefficient (Wildman–Crippen LogP) is 0.793. The number of amides is 1. The Kier molecular flexibility index (Phi) is 4.54. The van der Waals surface area contributed by atoms with Gasteiger partial charge in [-0.3, -0.25) is 14.9 Å². The molecule has 102 valence electrons. The molecule has 0 radical (unpaired) electrons. The number of anilines is 1. The summed E-state index contributed by atoms with van der Waals surface area (Å²) in [6.07, 6.45) is 0. The Bertz CT molecular complexity index is 527. The monoisotopic (exact) mass is 267 g/mol. The van der Waals surface area contributed by atoms with Crippen LogP contribution in [0.15, 0.2) is 18.2 Å². The lowest BCUT2D eigenvalue weighted by Crippen LogP contribution is -2.27. The zero-order valence-corrected chi connectivity index (χ0v) is 10.4. The quantitative estimate of drug-likeness (QED) is 0.602. The Hall–Kier alpha value is -2.48. The standard InChI is InChI=1S/C11H13N3O5/c1-13(2)6-10(15)12-9-5-7(14(18)19)3-4-8(9)11(16)17/h3-5H,6H2,1-2H3,(H,12,15)(H,16,17). The summed E-state index contributed by atoms with van der Waals surface area (Å²) in [5, 5.41) is 21.9. The van der Waals surface area contributed by atoms with Gasteiger partial charge in [-0.15, -0.1) is 0 Å². The molecular weight excluding hydrogens is 254 g/mol. The number of benzene rings is 1. The van der Waals surface area contributed by atoms with E-state index in [4.69, 9.17) is 5.11 Å². The molecule has 0 spiro atoms. The van der Waals surface area contributed by atoms with Crippen molar-refractivity contribution in [2.24, 2.45) is 0 Å². The number of carboxylic acids is 1. The number of likely N-dealkylation sites (N-methyl/N-ethyl adjacent to an activating group) is 1. The molecule has 2 N–H and O–H groups in total. The van der Waals surface area contributed by atoms with Gasteiger partial charge in [-0.05, 0) is 20.2 Å². The SMILES string of the molecule is CN(C)CC(=O)Nc1cc([N+](=O)[O-])ccc1C(=O)O.